The van der Waals surface area contributed by atoms with E-state index in [1.165, 1.54) is 19.2 Å². The maximum Gasteiger partial charge on any atom is 0.407 e. The molecule has 0 radical (unpaired) electrons. The van der Waals surface area contributed by atoms with E-state index in [1.807, 2.05) is 0 Å². The highest BCUT2D eigenvalue weighted by atomic mass is 32.1. The summed E-state index contributed by atoms with van der Waals surface area (Å²) in [6.07, 6.45) is 1.17. The number of benzene rings is 1. The number of ether oxygens (including phenoxy) is 4. The zero-order valence-electron chi connectivity index (χ0n) is 24.8. The van der Waals surface area contributed by atoms with E-state index in [4.69, 9.17) is 18.9 Å². The Morgan fingerprint density at radius 3 is 2.65 bits per heavy atom. The monoisotopic (exact) mass is 619 g/mol. The van der Waals surface area contributed by atoms with Crippen molar-refractivity contribution in [3.8, 4) is 16.9 Å². The number of alkyl carbamates (subject to hydrolysis) is 1. The van der Waals surface area contributed by atoms with E-state index in [9.17, 15) is 23.6 Å². The number of methoxy groups -OCH3 is 1. The fraction of sp³-hybridized carbons (Fsp3) is 0.533. The molecule has 11 nitrogen and oxygen atoms in total. The van der Waals surface area contributed by atoms with E-state index in [0.29, 0.717) is 35.3 Å². The number of halogens is 1. The van der Waals surface area contributed by atoms with Gasteiger partial charge in [0.05, 0.1) is 30.7 Å². The van der Waals surface area contributed by atoms with Crippen LogP contribution < -0.4 is 15.4 Å². The van der Waals surface area contributed by atoms with Gasteiger partial charge < -0.3 is 34.5 Å². The summed E-state index contributed by atoms with van der Waals surface area (Å²) in [6, 6.07) is 4.13. The number of hydrogen-bond acceptors (Lipinski definition) is 9. The lowest BCUT2D eigenvalue weighted by molar-refractivity contribution is -0.144. The van der Waals surface area contributed by atoms with E-state index < -0.39 is 35.4 Å². The summed E-state index contributed by atoms with van der Waals surface area (Å²) in [7, 11) is 1.23. The van der Waals surface area contributed by atoms with Crippen LogP contribution in [-0.2, 0) is 23.8 Å². The molecule has 0 aliphatic carbocycles. The van der Waals surface area contributed by atoms with Crippen LogP contribution in [0, 0.1) is 5.82 Å². The number of carbonyl (C=O) groups is 4. The Morgan fingerprint density at radius 1 is 1.12 bits per heavy atom. The smallest absolute Gasteiger partial charge is 0.407 e. The summed E-state index contributed by atoms with van der Waals surface area (Å²) in [5.74, 6) is -1.51. The lowest BCUT2D eigenvalue weighted by Gasteiger charge is -2.25. The van der Waals surface area contributed by atoms with Crippen LogP contribution in [0.2, 0.25) is 0 Å². The molecule has 1 aromatic heterocycles. The van der Waals surface area contributed by atoms with Crippen molar-refractivity contribution in [2.45, 2.75) is 70.2 Å². The van der Waals surface area contributed by atoms with Crippen molar-refractivity contribution in [2.24, 2.45) is 0 Å². The number of nitrogens with zero attached hydrogens (tertiary/aromatic N) is 1. The van der Waals surface area contributed by atoms with Gasteiger partial charge in [-0.1, -0.05) is 0 Å². The molecule has 2 N–H and O–H groups in total. The molecule has 234 valence electrons. The molecule has 0 unspecified atom stereocenters. The average Bonchev–Trinajstić information content (AvgIpc) is 3.58. The van der Waals surface area contributed by atoms with E-state index in [0.717, 1.165) is 11.3 Å². The van der Waals surface area contributed by atoms with Crippen molar-refractivity contribution in [1.29, 1.82) is 0 Å². The minimum Gasteiger partial charge on any atom is -0.491 e. The Balaban J connectivity index is 1.56. The molecule has 0 spiro atoms. The van der Waals surface area contributed by atoms with Crippen LogP contribution in [-0.4, -0.2) is 86.0 Å². The summed E-state index contributed by atoms with van der Waals surface area (Å²) in [6.45, 7) is 5.88. The lowest BCUT2D eigenvalue weighted by atomic mass is 10.1. The van der Waals surface area contributed by atoms with Gasteiger partial charge in [0.25, 0.3) is 5.91 Å². The molecule has 0 saturated carbocycles. The van der Waals surface area contributed by atoms with Gasteiger partial charge >= 0.3 is 12.1 Å². The number of esters is 1. The van der Waals surface area contributed by atoms with Crippen molar-refractivity contribution in [2.75, 3.05) is 33.5 Å². The second-order valence-corrected chi connectivity index (χ2v) is 12.5. The van der Waals surface area contributed by atoms with Gasteiger partial charge in [0.15, 0.2) is 6.04 Å². The second-order valence-electron chi connectivity index (χ2n) is 11.5. The van der Waals surface area contributed by atoms with Gasteiger partial charge in [-0.25, -0.2) is 14.0 Å². The van der Waals surface area contributed by atoms with Crippen LogP contribution in [0.4, 0.5) is 9.18 Å². The number of nitrogens with one attached hydrogen (secondary N) is 2. The van der Waals surface area contributed by atoms with E-state index >= 15 is 0 Å². The van der Waals surface area contributed by atoms with Crippen LogP contribution in [0.15, 0.2) is 29.6 Å². The molecule has 2 aliphatic heterocycles. The highest BCUT2D eigenvalue weighted by Gasteiger charge is 2.37. The van der Waals surface area contributed by atoms with Crippen molar-refractivity contribution in [1.82, 2.24) is 15.5 Å². The van der Waals surface area contributed by atoms with Crippen LogP contribution in [0.25, 0.3) is 11.1 Å². The highest BCUT2D eigenvalue weighted by molar-refractivity contribution is 7.12. The predicted molar refractivity (Wildman–Crippen MR) is 156 cm³/mol. The largest absolute Gasteiger partial charge is 0.491 e. The first-order valence-electron chi connectivity index (χ1n) is 14.2. The molecular weight excluding hydrogens is 581 g/mol. The summed E-state index contributed by atoms with van der Waals surface area (Å²) < 4.78 is 36.5. The summed E-state index contributed by atoms with van der Waals surface area (Å²) in [4.78, 5) is 52.9. The molecule has 4 rings (SSSR count). The minimum absolute atomic E-state index is 0.0937. The maximum atomic E-state index is 14.7. The molecule has 1 fully saturated rings. The third-order valence-electron chi connectivity index (χ3n) is 6.93. The van der Waals surface area contributed by atoms with Crippen molar-refractivity contribution < 1.29 is 42.5 Å². The normalized spacial score (nSPS) is 22.1. The van der Waals surface area contributed by atoms with Crippen LogP contribution >= 0.6 is 11.3 Å². The first-order valence-corrected chi connectivity index (χ1v) is 15.1. The maximum absolute atomic E-state index is 14.7. The topological polar surface area (TPSA) is 132 Å². The standard InChI is InChI=1S/C30H38FN3O8S/c1-30(2,3)42-29(38)32-21-13-22-15-41-23-10-18(9-20(31)12-23)19-11-25(43-17-19)27(36)33-24(28(37)39-4)16-40-8-6-5-7-26(35)34(22)14-21/h9-12,17,21-22,24H,5-8,13-16H2,1-4H3,(H,32,38)(H,33,36)/t21-,22-,24-/m0/s1. The summed E-state index contributed by atoms with van der Waals surface area (Å²) in [5, 5.41) is 7.20. The highest BCUT2D eigenvalue weighted by Crippen LogP contribution is 2.30. The van der Waals surface area contributed by atoms with E-state index in [-0.39, 0.29) is 56.5 Å². The molecule has 3 amide bonds. The van der Waals surface area contributed by atoms with E-state index in [1.54, 1.807) is 43.2 Å². The fourth-order valence-electron chi connectivity index (χ4n) is 4.94. The molecule has 4 bridgehead atoms. The Morgan fingerprint density at radius 2 is 1.91 bits per heavy atom. The molecule has 1 saturated heterocycles. The van der Waals surface area contributed by atoms with Crippen molar-refractivity contribution in [3.05, 3.63) is 40.3 Å². The number of fused-ring (bicyclic) bond motifs is 6. The molecule has 13 heteroatoms. The Labute approximate surface area is 254 Å². The summed E-state index contributed by atoms with van der Waals surface area (Å²) >= 11 is 1.15. The molecular formula is C30H38FN3O8S. The van der Waals surface area contributed by atoms with Gasteiger partial charge in [0.1, 0.15) is 23.8 Å². The Hall–Kier alpha value is -3.71. The van der Waals surface area contributed by atoms with Gasteiger partial charge in [0, 0.05) is 25.6 Å². The molecule has 43 heavy (non-hydrogen) atoms. The second kappa shape index (κ2) is 14.2. The number of carbonyl (C=O) groups excluding carboxylic acids is 4. The van der Waals surface area contributed by atoms with Gasteiger partial charge in [0.2, 0.25) is 5.91 Å². The number of rotatable bonds is 2. The van der Waals surface area contributed by atoms with Crippen LogP contribution in [0.5, 0.6) is 5.75 Å². The van der Waals surface area contributed by atoms with Crippen molar-refractivity contribution in [3.63, 3.8) is 0 Å². The molecule has 3 atom stereocenters. The number of amides is 3. The van der Waals surface area contributed by atoms with Gasteiger partial charge in [-0.15, -0.1) is 11.3 Å². The zero-order chi connectivity index (χ0) is 31.1. The lowest BCUT2D eigenvalue weighted by Crippen LogP contribution is -2.44. The SMILES string of the molecule is COC(=O)[C@@H]1COCCCCC(=O)N2C[C@@H](NC(=O)OC(C)(C)C)C[C@H]2COc2cc(F)cc(c2)-c2csc(c2)C(=O)N1. The first kappa shape index (κ1) is 32.2. The Bertz CT molecular complexity index is 1330. The molecule has 1 aromatic carbocycles. The molecule has 2 aromatic rings. The van der Waals surface area contributed by atoms with Gasteiger partial charge in [-0.2, -0.15) is 0 Å². The quantitative estimate of drug-likeness (QED) is 0.484. The molecule has 2 aliphatic rings. The predicted octanol–water partition coefficient (Wildman–Crippen LogP) is 3.90. The minimum atomic E-state index is -1.02. The van der Waals surface area contributed by atoms with Gasteiger partial charge in [-0.05, 0) is 74.7 Å². The first-order chi connectivity index (χ1) is 20.4. The Kier molecular flexibility index (Phi) is 10.6. The average molecular weight is 620 g/mol. The number of thiophene rings is 1. The molecule has 3 heterocycles. The third kappa shape index (κ3) is 9.14. The fourth-order valence-corrected chi connectivity index (χ4v) is 5.76. The van der Waals surface area contributed by atoms with Crippen LogP contribution in [0.3, 0.4) is 0 Å². The van der Waals surface area contributed by atoms with Gasteiger partial charge in [-0.3, -0.25) is 9.59 Å². The zero-order valence-corrected chi connectivity index (χ0v) is 25.6. The number of hydrogen-bond donors (Lipinski definition) is 2. The summed E-state index contributed by atoms with van der Waals surface area (Å²) in [5.41, 5.74) is 0.427. The van der Waals surface area contributed by atoms with E-state index in [2.05, 4.69) is 10.6 Å². The van der Waals surface area contributed by atoms with Crippen molar-refractivity contribution >= 4 is 35.2 Å². The van der Waals surface area contributed by atoms with Crippen LogP contribution in [0.1, 0.15) is 56.1 Å². The third-order valence-corrected chi connectivity index (χ3v) is 7.86.